The second-order valence-corrected chi connectivity index (χ2v) is 13.0. The van der Waals surface area contributed by atoms with Gasteiger partial charge in [0, 0.05) is 22.8 Å². The Morgan fingerprint density at radius 1 is 0.708 bits per heavy atom. The molecule has 4 heterocycles. The standard InChI is InChI=1S/C40H26FN5S.Pt/c1-23-18-24(2)38(25(3)19-23)40-44-43-39-31-22-36(32(41)21-30(31)28-11-5-7-13-34(28)46(39)40)47-26-15-16-29-27-10-4-6-12-33(27)45(35(29)20-26)37-14-8-9-17-42-37;/h4-19,21H,1-3H3;/q-2;+2. The maximum Gasteiger partial charge on any atom is 2.00 e. The van der Waals surface area contributed by atoms with Crippen molar-refractivity contribution in [2.75, 3.05) is 0 Å². The molecule has 0 amide bonds. The molecule has 0 radical (unpaired) electrons. The third kappa shape index (κ3) is 4.67. The van der Waals surface area contributed by atoms with E-state index < -0.39 is 0 Å². The number of hydrogen-bond donors (Lipinski definition) is 0. The van der Waals surface area contributed by atoms with Gasteiger partial charge in [0.15, 0.2) is 5.82 Å². The van der Waals surface area contributed by atoms with Crippen molar-refractivity contribution in [1.29, 1.82) is 0 Å². The molecular weight excluding hydrogens is 797 g/mol. The largest absolute Gasteiger partial charge is 2.00 e. The van der Waals surface area contributed by atoms with Crippen molar-refractivity contribution >= 4 is 60.9 Å². The summed E-state index contributed by atoms with van der Waals surface area (Å²) in [7, 11) is 0. The van der Waals surface area contributed by atoms with E-state index in [-0.39, 0.29) is 26.9 Å². The first-order valence-electron chi connectivity index (χ1n) is 15.4. The molecular formula is C40H26FN5PtS. The first-order valence-corrected chi connectivity index (χ1v) is 16.2. The van der Waals surface area contributed by atoms with Crippen LogP contribution in [0.1, 0.15) is 16.7 Å². The molecule has 0 aliphatic carbocycles. The van der Waals surface area contributed by atoms with Crippen molar-refractivity contribution in [2.45, 2.75) is 30.6 Å². The van der Waals surface area contributed by atoms with Gasteiger partial charge in [-0.3, -0.25) is 4.39 Å². The Morgan fingerprint density at radius 2 is 1.42 bits per heavy atom. The van der Waals surface area contributed by atoms with Crippen LogP contribution in [-0.2, 0) is 21.1 Å². The van der Waals surface area contributed by atoms with Gasteiger partial charge in [-0.05, 0) is 71.8 Å². The third-order valence-electron chi connectivity index (χ3n) is 8.87. The van der Waals surface area contributed by atoms with E-state index in [9.17, 15) is 0 Å². The van der Waals surface area contributed by atoms with Crippen molar-refractivity contribution in [3.8, 4) is 17.2 Å². The Balaban J connectivity index is 0.00000336. The van der Waals surface area contributed by atoms with Crippen LogP contribution in [0.3, 0.4) is 0 Å². The second-order valence-electron chi connectivity index (χ2n) is 11.9. The van der Waals surface area contributed by atoms with Crippen LogP contribution in [0.5, 0.6) is 0 Å². The molecule has 0 unspecified atom stereocenters. The van der Waals surface area contributed by atoms with Gasteiger partial charge in [0.05, 0.1) is 11.5 Å². The maximum atomic E-state index is 16.0. The minimum atomic E-state index is -0.347. The molecule has 0 spiro atoms. The summed E-state index contributed by atoms with van der Waals surface area (Å²) < 4.78 is 20.2. The molecule has 9 rings (SSSR count). The number of halogens is 1. The van der Waals surface area contributed by atoms with E-state index in [4.69, 9.17) is 10.2 Å². The molecule has 5 nitrogen and oxygen atoms in total. The van der Waals surface area contributed by atoms with Gasteiger partial charge in [0.2, 0.25) is 0 Å². The first-order chi connectivity index (χ1) is 23.0. The molecule has 0 bridgehead atoms. The van der Waals surface area contributed by atoms with Gasteiger partial charge in [-0.15, -0.1) is 45.3 Å². The summed E-state index contributed by atoms with van der Waals surface area (Å²) in [5.41, 5.74) is 8.01. The topological polar surface area (TPSA) is 48.0 Å². The number of aromatic nitrogens is 5. The van der Waals surface area contributed by atoms with E-state index in [2.05, 4.69) is 77.2 Å². The predicted octanol–water partition coefficient (Wildman–Crippen LogP) is 10.0. The van der Waals surface area contributed by atoms with E-state index >= 15 is 4.39 Å². The number of pyridine rings is 2. The minimum absolute atomic E-state index is 0. The summed E-state index contributed by atoms with van der Waals surface area (Å²) in [5.74, 6) is 1.22. The van der Waals surface area contributed by atoms with Crippen molar-refractivity contribution in [2.24, 2.45) is 0 Å². The van der Waals surface area contributed by atoms with Crippen LogP contribution in [0, 0.1) is 38.7 Å². The second kappa shape index (κ2) is 11.7. The summed E-state index contributed by atoms with van der Waals surface area (Å²) in [6.45, 7) is 6.32. The monoisotopic (exact) mass is 822 g/mol. The Labute approximate surface area is 294 Å². The Morgan fingerprint density at radius 3 is 2.17 bits per heavy atom. The summed E-state index contributed by atoms with van der Waals surface area (Å²) in [5, 5.41) is 14.0. The molecule has 5 aromatic carbocycles. The van der Waals surface area contributed by atoms with Crippen LogP contribution in [0.25, 0.3) is 66.3 Å². The Hall–Kier alpha value is -4.84. The van der Waals surface area contributed by atoms with Gasteiger partial charge in [-0.2, -0.15) is 17.2 Å². The van der Waals surface area contributed by atoms with Crippen molar-refractivity contribution < 1.29 is 25.5 Å². The molecule has 4 aromatic heterocycles. The van der Waals surface area contributed by atoms with Crippen molar-refractivity contribution in [3.63, 3.8) is 0 Å². The summed E-state index contributed by atoms with van der Waals surface area (Å²) in [4.78, 5) is 5.78. The van der Waals surface area contributed by atoms with Crippen LogP contribution in [0.4, 0.5) is 4.39 Å². The van der Waals surface area contributed by atoms with Gasteiger partial charge < -0.3 is 8.97 Å². The quantitative estimate of drug-likeness (QED) is 0.131. The fourth-order valence-electron chi connectivity index (χ4n) is 7.00. The number of rotatable bonds is 4. The van der Waals surface area contributed by atoms with Crippen molar-refractivity contribution in [1.82, 2.24) is 24.1 Å². The molecule has 0 aliphatic heterocycles. The maximum absolute atomic E-state index is 16.0. The number of nitrogens with zero attached hydrogens (tertiary/aromatic N) is 5. The number of aryl methyl sites for hydroxylation is 3. The summed E-state index contributed by atoms with van der Waals surface area (Å²) >= 11 is 1.30. The van der Waals surface area contributed by atoms with Gasteiger partial charge in [0.25, 0.3) is 0 Å². The minimum Gasteiger partial charge on any atom is -0.319 e. The molecule has 0 atom stereocenters. The number of hydrogen-bond acceptors (Lipinski definition) is 4. The first kappa shape index (κ1) is 30.5. The van der Waals surface area contributed by atoms with Gasteiger partial charge in [-0.25, -0.2) is 4.98 Å². The fourth-order valence-corrected chi connectivity index (χ4v) is 7.81. The summed E-state index contributed by atoms with van der Waals surface area (Å²) in [6.07, 6.45) is 1.79. The molecule has 48 heavy (non-hydrogen) atoms. The smallest absolute Gasteiger partial charge is 0.319 e. The molecule has 8 heteroatoms. The average Bonchev–Trinajstić information content (AvgIpc) is 3.65. The van der Waals surface area contributed by atoms with Gasteiger partial charge in [-0.1, -0.05) is 76.4 Å². The Bertz CT molecular complexity index is 2690. The SMILES string of the molecule is Cc1cc(C)c(-c2nnc3c4[c-]c(Sc5[c-]c6c(cc5)c5ccccc5n6-c5ccccn5)c(F)cc4c4ccccc4n23)c(C)c1.[Pt+2]. The molecule has 0 saturated carbocycles. The van der Waals surface area contributed by atoms with Crippen LogP contribution in [0.2, 0.25) is 0 Å². The molecule has 0 N–H and O–H groups in total. The van der Waals surface area contributed by atoms with E-state index in [1.165, 1.54) is 17.3 Å². The van der Waals surface area contributed by atoms with Crippen LogP contribution in [0.15, 0.2) is 113 Å². The zero-order valence-electron chi connectivity index (χ0n) is 26.2. The zero-order chi connectivity index (χ0) is 31.8. The number of benzene rings is 5. The number of fused-ring (bicyclic) bond motifs is 9. The van der Waals surface area contributed by atoms with E-state index in [1.54, 1.807) is 12.3 Å². The predicted molar refractivity (Wildman–Crippen MR) is 188 cm³/mol. The summed E-state index contributed by atoms with van der Waals surface area (Å²) in [6, 6.07) is 39.2. The van der Waals surface area contributed by atoms with Gasteiger partial charge in [0.1, 0.15) is 5.82 Å². The van der Waals surface area contributed by atoms with Crippen LogP contribution < -0.4 is 0 Å². The van der Waals surface area contributed by atoms with E-state index in [0.717, 1.165) is 76.7 Å². The van der Waals surface area contributed by atoms with Gasteiger partial charge >= 0.3 is 21.1 Å². The molecule has 0 saturated heterocycles. The zero-order valence-corrected chi connectivity index (χ0v) is 29.2. The Kier molecular flexibility index (Phi) is 7.43. The van der Waals surface area contributed by atoms with E-state index in [0.29, 0.717) is 10.5 Å². The number of para-hydroxylation sites is 2. The molecule has 234 valence electrons. The third-order valence-corrected chi connectivity index (χ3v) is 9.82. The normalized spacial score (nSPS) is 11.7. The van der Waals surface area contributed by atoms with Crippen molar-refractivity contribution in [3.05, 3.63) is 138 Å². The van der Waals surface area contributed by atoms with Crippen LogP contribution >= 0.6 is 11.8 Å². The fraction of sp³-hybridized carbons (Fsp3) is 0.0750. The molecule has 0 aliphatic rings. The molecule has 9 aromatic rings. The van der Waals surface area contributed by atoms with Crippen LogP contribution in [-0.4, -0.2) is 24.1 Å². The van der Waals surface area contributed by atoms with E-state index in [1.807, 2.05) is 60.7 Å². The molecule has 0 fully saturated rings. The average molecular weight is 823 g/mol.